The SMILES string of the molecule is CCc1ccc(C(=O)Cn2ncc3ccccc32)cc1. The van der Waals surface area contributed by atoms with Gasteiger partial charge in [0, 0.05) is 10.9 Å². The lowest BCUT2D eigenvalue weighted by Crippen LogP contribution is -2.11. The molecular weight excluding hydrogens is 248 g/mol. The Hall–Kier alpha value is -2.42. The number of hydrogen-bond acceptors (Lipinski definition) is 2. The van der Waals surface area contributed by atoms with Gasteiger partial charge in [-0.25, -0.2) is 0 Å². The fourth-order valence-electron chi connectivity index (χ4n) is 2.31. The van der Waals surface area contributed by atoms with Crippen molar-refractivity contribution in [2.75, 3.05) is 0 Å². The number of hydrogen-bond donors (Lipinski definition) is 0. The zero-order valence-corrected chi connectivity index (χ0v) is 11.4. The Morgan fingerprint density at radius 1 is 1.10 bits per heavy atom. The molecule has 0 radical (unpaired) electrons. The van der Waals surface area contributed by atoms with Crippen LogP contribution in [0.25, 0.3) is 10.9 Å². The van der Waals surface area contributed by atoms with E-state index in [1.165, 1.54) is 5.56 Å². The van der Waals surface area contributed by atoms with E-state index in [1.54, 1.807) is 10.9 Å². The molecule has 0 saturated heterocycles. The highest BCUT2D eigenvalue weighted by Gasteiger charge is 2.09. The second-order valence-electron chi connectivity index (χ2n) is 4.83. The molecule has 0 fully saturated rings. The van der Waals surface area contributed by atoms with E-state index in [4.69, 9.17) is 0 Å². The first-order valence-electron chi connectivity index (χ1n) is 6.80. The number of aryl methyl sites for hydroxylation is 1. The molecule has 1 aromatic heterocycles. The Morgan fingerprint density at radius 3 is 2.60 bits per heavy atom. The smallest absolute Gasteiger partial charge is 0.184 e. The van der Waals surface area contributed by atoms with Crippen molar-refractivity contribution in [2.45, 2.75) is 19.9 Å². The van der Waals surface area contributed by atoms with Crippen molar-refractivity contribution in [1.29, 1.82) is 0 Å². The summed E-state index contributed by atoms with van der Waals surface area (Å²) in [4.78, 5) is 12.3. The number of para-hydroxylation sites is 1. The zero-order valence-electron chi connectivity index (χ0n) is 11.4. The molecule has 0 spiro atoms. The molecule has 0 saturated carbocycles. The topological polar surface area (TPSA) is 34.9 Å². The number of nitrogens with zero attached hydrogens (tertiary/aromatic N) is 2. The van der Waals surface area contributed by atoms with Gasteiger partial charge in [0.25, 0.3) is 0 Å². The van der Waals surface area contributed by atoms with Crippen molar-refractivity contribution in [3.8, 4) is 0 Å². The fraction of sp³-hybridized carbons (Fsp3) is 0.176. The molecule has 0 aliphatic rings. The Balaban J connectivity index is 1.84. The highest BCUT2D eigenvalue weighted by Crippen LogP contribution is 2.14. The summed E-state index contributed by atoms with van der Waals surface area (Å²) in [6.45, 7) is 2.38. The van der Waals surface area contributed by atoms with Gasteiger partial charge >= 0.3 is 0 Å². The van der Waals surface area contributed by atoms with E-state index in [-0.39, 0.29) is 12.3 Å². The second-order valence-corrected chi connectivity index (χ2v) is 4.83. The first kappa shape index (κ1) is 12.6. The minimum absolute atomic E-state index is 0.0847. The molecule has 3 rings (SSSR count). The van der Waals surface area contributed by atoms with Crippen LogP contribution in [-0.4, -0.2) is 15.6 Å². The summed E-state index contributed by atoms with van der Waals surface area (Å²) in [5.41, 5.74) is 2.97. The summed E-state index contributed by atoms with van der Waals surface area (Å²) in [5, 5.41) is 5.35. The number of aromatic nitrogens is 2. The largest absolute Gasteiger partial charge is 0.292 e. The van der Waals surface area contributed by atoms with Gasteiger partial charge in [0.05, 0.1) is 11.7 Å². The van der Waals surface area contributed by atoms with Gasteiger partial charge in [-0.2, -0.15) is 5.10 Å². The molecule has 0 amide bonds. The second kappa shape index (κ2) is 5.29. The van der Waals surface area contributed by atoms with E-state index in [1.807, 2.05) is 48.5 Å². The quantitative estimate of drug-likeness (QED) is 0.676. The highest BCUT2D eigenvalue weighted by molar-refractivity contribution is 5.96. The molecule has 0 unspecified atom stereocenters. The van der Waals surface area contributed by atoms with Crippen molar-refractivity contribution in [3.63, 3.8) is 0 Å². The van der Waals surface area contributed by atoms with Crippen molar-refractivity contribution >= 4 is 16.7 Å². The third-order valence-electron chi connectivity index (χ3n) is 3.53. The Kier molecular flexibility index (Phi) is 3.33. The van der Waals surface area contributed by atoms with E-state index in [2.05, 4.69) is 12.0 Å². The standard InChI is InChI=1S/C17H16N2O/c1-2-13-7-9-14(10-8-13)17(20)12-19-16-6-4-3-5-15(16)11-18-19/h3-11H,2,12H2,1H3. The number of carbonyl (C=O) groups excluding carboxylic acids is 1. The summed E-state index contributed by atoms with van der Waals surface area (Å²) in [7, 11) is 0. The van der Waals surface area contributed by atoms with Crippen LogP contribution in [0, 0.1) is 0 Å². The Bertz CT molecular complexity index is 741. The molecule has 3 heteroatoms. The Labute approximate surface area is 117 Å². The number of rotatable bonds is 4. The van der Waals surface area contributed by atoms with Crippen molar-refractivity contribution in [3.05, 3.63) is 65.9 Å². The number of Topliss-reactive ketones (excluding diaryl/α,β-unsaturated/α-hetero) is 1. The average molecular weight is 264 g/mol. The van der Waals surface area contributed by atoms with Crippen LogP contribution < -0.4 is 0 Å². The van der Waals surface area contributed by atoms with E-state index < -0.39 is 0 Å². The minimum Gasteiger partial charge on any atom is -0.292 e. The van der Waals surface area contributed by atoms with Gasteiger partial charge in [0.15, 0.2) is 5.78 Å². The molecule has 0 bridgehead atoms. The van der Waals surface area contributed by atoms with Gasteiger partial charge in [-0.05, 0) is 18.1 Å². The number of benzene rings is 2. The molecule has 0 atom stereocenters. The summed E-state index contributed by atoms with van der Waals surface area (Å²) in [5.74, 6) is 0.0847. The molecule has 20 heavy (non-hydrogen) atoms. The first-order chi connectivity index (χ1) is 9.78. The summed E-state index contributed by atoms with van der Waals surface area (Å²) >= 11 is 0. The van der Waals surface area contributed by atoms with E-state index in [0.29, 0.717) is 0 Å². The van der Waals surface area contributed by atoms with Gasteiger partial charge in [-0.3, -0.25) is 9.48 Å². The van der Waals surface area contributed by atoms with Crippen LogP contribution in [-0.2, 0) is 13.0 Å². The minimum atomic E-state index is 0.0847. The van der Waals surface area contributed by atoms with Crippen LogP contribution in [0.5, 0.6) is 0 Å². The Morgan fingerprint density at radius 2 is 1.85 bits per heavy atom. The molecule has 3 aromatic rings. The summed E-state index contributed by atoms with van der Waals surface area (Å²) < 4.78 is 1.76. The first-order valence-corrected chi connectivity index (χ1v) is 6.80. The van der Waals surface area contributed by atoms with Crippen LogP contribution in [0.1, 0.15) is 22.8 Å². The summed E-state index contributed by atoms with van der Waals surface area (Å²) in [6.07, 6.45) is 2.78. The maximum absolute atomic E-state index is 12.3. The number of ketones is 1. The van der Waals surface area contributed by atoms with Gasteiger partial charge in [-0.15, -0.1) is 0 Å². The third kappa shape index (κ3) is 2.35. The highest BCUT2D eigenvalue weighted by atomic mass is 16.1. The maximum atomic E-state index is 12.3. The molecule has 2 aromatic carbocycles. The normalized spacial score (nSPS) is 10.8. The molecule has 0 N–H and O–H groups in total. The molecule has 100 valence electrons. The zero-order chi connectivity index (χ0) is 13.9. The van der Waals surface area contributed by atoms with E-state index in [0.717, 1.165) is 22.9 Å². The predicted octanol–water partition coefficient (Wildman–Crippen LogP) is 3.48. The van der Waals surface area contributed by atoms with E-state index >= 15 is 0 Å². The fourth-order valence-corrected chi connectivity index (χ4v) is 2.31. The third-order valence-corrected chi connectivity index (χ3v) is 3.53. The molecular formula is C17H16N2O. The van der Waals surface area contributed by atoms with Gasteiger partial charge in [-0.1, -0.05) is 49.4 Å². The van der Waals surface area contributed by atoms with Crippen LogP contribution >= 0.6 is 0 Å². The molecule has 0 aliphatic carbocycles. The lowest BCUT2D eigenvalue weighted by atomic mass is 10.1. The molecule has 0 aliphatic heterocycles. The van der Waals surface area contributed by atoms with Crippen LogP contribution in [0.4, 0.5) is 0 Å². The lowest BCUT2D eigenvalue weighted by Gasteiger charge is -2.04. The number of carbonyl (C=O) groups is 1. The monoisotopic (exact) mass is 264 g/mol. The number of fused-ring (bicyclic) bond motifs is 1. The van der Waals surface area contributed by atoms with Crippen LogP contribution in [0.2, 0.25) is 0 Å². The predicted molar refractivity (Wildman–Crippen MR) is 79.9 cm³/mol. The average Bonchev–Trinajstić information content (AvgIpc) is 2.91. The van der Waals surface area contributed by atoms with Gasteiger partial charge in [0.2, 0.25) is 0 Å². The van der Waals surface area contributed by atoms with E-state index in [9.17, 15) is 4.79 Å². The summed E-state index contributed by atoms with van der Waals surface area (Å²) in [6, 6.07) is 15.7. The van der Waals surface area contributed by atoms with Crippen molar-refractivity contribution in [2.24, 2.45) is 0 Å². The molecule has 3 nitrogen and oxygen atoms in total. The maximum Gasteiger partial charge on any atom is 0.184 e. The molecule has 1 heterocycles. The van der Waals surface area contributed by atoms with Crippen molar-refractivity contribution in [1.82, 2.24) is 9.78 Å². The lowest BCUT2D eigenvalue weighted by molar-refractivity contribution is 0.0969. The van der Waals surface area contributed by atoms with Crippen LogP contribution in [0.15, 0.2) is 54.7 Å². The van der Waals surface area contributed by atoms with Gasteiger partial charge < -0.3 is 0 Å². The van der Waals surface area contributed by atoms with Crippen molar-refractivity contribution < 1.29 is 4.79 Å². The van der Waals surface area contributed by atoms with Gasteiger partial charge in [0.1, 0.15) is 6.54 Å². The van der Waals surface area contributed by atoms with Crippen LogP contribution in [0.3, 0.4) is 0 Å².